The summed E-state index contributed by atoms with van der Waals surface area (Å²) in [5.74, 6) is -4.37. The third-order valence-electron chi connectivity index (χ3n) is 5.39. The number of ether oxygens (including phenoxy) is 3. The summed E-state index contributed by atoms with van der Waals surface area (Å²) < 4.78 is 20.9. The molecule has 3 aromatic rings. The predicted octanol–water partition coefficient (Wildman–Crippen LogP) is -0.358. The van der Waals surface area contributed by atoms with Crippen molar-refractivity contribution < 1.29 is 59.2 Å². The lowest BCUT2D eigenvalue weighted by molar-refractivity contribution is -0.272. The van der Waals surface area contributed by atoms with E-state index in [1.807, 2.05) is 0 Å². The first-order valence-corrected chi connectivity index (χ1v) is 10.0. The Bertz CT molecular complexity index is 1350. The number of hydrogen-bond donors (Lipinski definition) is 7. The first kappa shape index (κ1) is 24.1. The summed E-state index contributed by atoms with van der Waals surface area (Å²) >= 11 is 0. The number of carbonyl (C=O) groups is 1. The van der Waals surface area contributed by atoms with Gasteiger partial charge in [0, 0.05) is 17.7 Å². The van der Waals surface area contributed by atoms with Crippen molar-refractivity contribution in [1.29, 1.82) is 0 Å². The Kier molecular flexibility index (Phi) is 6.17. The van der Waals surface area contributed by atoms with E-state index in [9.17, 15) is 45.3 Å². The molecule has 1 aliphatic heterocycles. The first-order chi connectivity index (χ1) is 16.5. The molecule has 1 aromatic heterocycles. The smallest absolute Gasteiger partial charge is 0.337 e. The maximum atomic E-state index is 13.3. The van der Waals surface area contributed by atoms with Crippen LogP contribution in [0.3, 0.4) is 0 Å². The molecule has 0 saturated carbocycles. The van der Waals surface area contributed by atoms with Gasteiger partial charge < -0.3 is 54.4 Å². The van der Waals surface area contributed by atoms with Gasteiger partial charge in [0.25, 0.3) is 0 Å². The minimum atomic E-state index is -1.96. The molecule has 0 spiro atoms. The molecular formula is C22H20O13. The van der Waals surface area contributed by atoms with Crippen LogP contribution in [-0.4, -0.2) is 79.5 Å². The summed E-state index contributed by atoms with van der Waals surface area (Å²) in [5, 5.41) is 69.7. The second-order valence-corrected chi connectivity index (χ2v) is 7.67. The minimum absolute atomic E-state index is 0.0208. The van der Waals surface area contributed by atoms with Crippen LogP contribution < -0.4 is 10.2 Å². The number of hydrogen-bond acceptors (Lipinski definition) is 13. The highest BCUT2D eigenvalue weighted by Gasteiger charge is 2.49. The van der Waals surface area contributed by atoms with E-state index in [-0.39, 0.29) is 11.1 Å². The Labute approximate surface area is 195 Å². The van der Waals surface area contributed by atoms with E-state index in [0.717, 1.165) is 31.4 Å². The lowest BCUT2D eigenvalue weighted by Gasteiger charge is -2.38. The van der Waals surface area contributed by atoms with Gasteiger partial charge in [-0.05, 0) is 18.2 Å². The summed E-state index contributed by atoms with van der Waals surface area (Å²) in [6.07, 6.45) is -9.50. The zero-order valence-electron chi connectivity index (χ0n) is 17.9. The second-order valence-electron chi connectivity index (χ2n) is 7.67. The number of phenols is 4. The Hall–Kier alpha value is -4.04. The summed E-state index contributed by atoms with van der Waals surface area (Å²) in [6, 6.07) is 5.24. The molecule has 0 bridgehead atoms. The average Bonchev–Trinajstić information content (AvgIpc) is 2.81. The Morgan fingerprint density at radius 3 is 2.29 bits per heavy atom. The zero-order valence-corrected chi connectivity index (χ0v) is 17.9. The molecule has 1 fully saturated rings. The first-order valence-electron chi connectivity index (χ1n) is 10.0. The van der Waals surface area contributed by atoms with E-state index in [1.165, 1.54) is 6.07 Å². The summed E-state index contributed by atoms with van der Waals surface area (Å²) in [5.41, 5.74) is -1.32. The number of aliphatic hydroxyl groups is 3. The molecule has 5 atom stereocenters. The normalized spacial score (nSPS) is 24.3. The molecule has 7 N–H and O–H groups in total. The van der Waals surface area contributed by atoms with Gasteiger partial charge in [-0.3, -0.25) is 4.79 Å². The van der Waals surface area contributed by atoms with Crippen LogP contribution in [0.25, 0.3) is 22.3 Å². The van der Waals surface area contributed by atoms with Gasteiger partial charge in [-0.15, -0.1) is 0 Å². The van der Waals surface area contributed by atoms with E-state index in [2.05, 4.69) is 4.74 Å². The average molecular weight is 492 g/mol. The van der Waals surface area contributed by atoms with Crippen LogP contribution in [-0.2, 0) is 14.3 Å². The highest BCUT2D eigenvalue weighted by Crippen LogP contribution is 2.39. The number of methoxy groups -OCH3 is 1. The fourth-order valence-corrected chi connectivity index (χ4v) is 3.60. The number of aromatic hydroxyl groups is 4. The largest absolute Gasteiger partial charge is 0.508 e. The molecule has 1 aliphatic rings. The minimum Gasteiger partial charge on any atom is -0.508 e. The van der Waals surface area contributed by atoms with Crippen molar-refractivity contribution >= 4 is 16.9 Å². The summed E-state index contributed by atoms with van der Waals surface area (Å²) in [6.45, 7) is 0. The Balaban J connectivity index is 1.90. The number of rotatable bonds is 4. The number of benzene rings is 2. The number of esters is 1. The quantitative estimate of drug-likeness (QED) is 0.183. The van der Waals surface area contributed by atoms with Crippen LogP contribution in [0.2, 0.25) is 0 Å². The number of fused-ring (bicyclic) bond motifs is 1. The van der Waals surface area contributed by atoms with Gasteiger partial charge in [0.2, 0.25) is 17.5 Å². The monoisotopic (exact) mass is 492 g/mol. The van der Waals surface area contributed by atoms with Crippen molar-refractivity contribution in [2.24, 2.45) is 0 Å². The molecule has 0 unspecified atom stereocenters. The van der Waals surface area contributed by atoms with Gasteiger partial charge in [-0.1, -0.05) is 0 Å². The van der Waals surface area contributed by atoms with Gasteiger partial charge in [0.15, 0.2) is 23.4 Å². The van der Waals surface area contributed by atoms with Crippen molar-refractivity contribution in [3.05, 3.63) is 40.6 Å². The molecule has 1 saturated heterocycles. The van der Waals surface area contributed by atoms with Gasteiger partial charge in [0.05, 0.1) is 7.11 Å². The number of aliphatic hydroxyl groups excluding tert-OH is 3. The van der Waals surface area contributed by atoms with Crippen molar-refractivity contribution in [3.8, 4) is 40.1 Å². The summed E-state index contributed by atoms with van der Waals surface area (Å²) in [4.78, 5) is 25.3. The van der Waals surface area contributed by atoms with Gasteiger partial charge in [-0.2, -0.15) is 0 Å². The Morgan fingerprint density at radius 2 is 1.63 bits per heavy atom. The lowest BCUT2D eigenvalue weighted by Crippen LogP contribution is -2.61. The second kappa shape index (κ2) is 8.96. The topological polar surface area (TPSA) is 217 Å². The van der Waals surface area contributed by atoms with Crippen LogP contribution in [0.15, 0.2) is 39.5 Å². The van der Waals surface area contributed by atoms with Gasteiger partial charge in [-0.25, -0.2) is 4.79 Å². The van der Waals surface area contributed by atoms with Crippen LogP contribution in [0.1, 0.15) is 0 Å². The third kappa shape index (κ3) is 4.17. The molecule has 0 amide bonds. The number of phenolic OH excluding ortho intramolecular Hbond substituents is 4. The Morgan fingerprint density at radius 1 is 0.914 bits per heavy atom. The van der Waals surface area contributed by atoms with E-state index in [0.29, 0.717) is 0 Å². The van der Waals surface area contributed by atoms with Crippen molar-refractivity contribution in [1.82, 2.24) is 0 Å². The van der Waals surface area contributed by atoms with E-state index < -0.39 is 82.0 Å². The predicted molar refractivity (Wildman–Crippen MR) is 114 cm³/mol. The molecule has 0 radical (unpaired) electrons. The highest BCUT2D eigenvalue weighted by molar-refractivity contribution is 5.88. The molecular weight excluding hydrogens is 472 g/mol. The van der Waals surface area contributed by atoms with Gasteiger partial charge in [0.1, 0.15) is 40.8 Å². The van der Waals surface area contributed by atoms with E-state index in [4.69, 9.17) is 13.9 Å². The zero-order chi connectivity index (χ0) is 25.6. The number of carbonyl (C=O) groups excluding carboxylic acids is 1. The molecule has 2 heterocycles. The van der Waals surface area contributed by atoms with Gasteiger partial charge >= 0.3 is 5.97 Å². The van der Waals surface area contributed by atoms with Crippen LogP contribution in [0, 0.1) is 0 Å². The highest BCUT2D eigenvalue weighted by atomic mass is 16.7. The maximum absolute atomic E-state index is 13.3. The van der Waals surface area contributed by atoms with Crippen LogP contribution in [0.5, 0.6) is 28.7 Å². The van der Waals surface area contributed by atoms with Crippen LogP contribution in [0.4, 0.5) is 0 Å². The van der Waals surface area contributed by atoms with E-state index >= 15 is 0 Å². The fraction of sp³-hybridized carbons (Fsp3) is 0.273. The standard InChI is InChI=1S/C22H20O13/c1-32-21(31)20-16(29)15(28)17(30)22(35-20)34-19-14(27)13-11(26)5-8(23)6-12(13)33-18(19)7-2-3-9(24)10(25)4-7/h2-6,15-17,20,22-26,28-30H,1H3/t15-,16-,17+,20-,22+/m0/s1. The third-order valence-corrected chi connectivity index (χ3v) is 5.39. The fourth-order valence-electron chi connectivity index (χ4n) is 3.60. The van der Waals surface area contributed by atoms with Crippen LogP contribution >= 0.6 is 0 Å². The SMILES string of the molecule is COC(=O)[C@H]1O[C@@H](Oc2c(-c3ccc(O)c(O)c3)oc3cc(O)cc(O)c3c2=O)[C@H](O)[C@@H](O)[C@@H]1O. The van der Waals surface area contributed by atoms with Crippen molar-refractivity contribution in [2.45, 2.75) is 30.7 Å². The molecule has 13 heteroatoms. The van der Waals surface area contributed by atoms with Crippen molar-refractivity contribution in [2.75, 3.05) is 7.11 Å². The molecule has 4 rings (SSSR count). The lowest BCUT2D eigenvalue weighted by atomic mass is 9.99. The van der Waals surface area contributed by atoms with Crippen molar-refractivity contribution in [3.63, 3.8) is 0 Å². The molecule has 13 nitrogen and oxygen atoms in total. The van der Waals surface area contributed by atoms with E-state index in [1.54, 1.807) is 0 Å². The molecule has 35 heavy (non-hydrogen) atoms. The summed E-state index contributed by atoms with van der Waals surface area (Å²) in [7, 11) is 0.997. The molecule has 186 valence electrons. The molecule has 0 aliphatic carbocycles. The molecule has 2 aromatic carbocycles. The maximum Gasteiger partial charge on any atom is 0.337 e.